The second-order valence-corrected chi connectivity index (χ2v) is 4.86. The largest absolute Gasteiger partial charge is 0.354 e. The van der Waals surface area contributed by atoms with Gasteiger partial charge >= 0.3 is 0 Å². The van der Waals surface area contributed by atoms with Gasteiger partial charge in [-0.05, 0) is 26.2 Å². The van der Waals surface area contributed by atoms with Crippen molar-refractivity contribution in [1.29, 1.82) is 0 Å². The predicted molar refractivity (Wildman–Crippen MR) is 74.1 cm³/mol. The van der Waals surface area contributed by atoms with E-state index in [1.807, 2.05) is 6.92 Å². The average Bonchev–Trinajstić information content (AvgIpc) is 2.29. The molecule has 0 aliphatic rings. The zero-order valence-electron chi connectivity index (χ0n) is 12.0. The highest BCUT2D eigenvalue weighted by molar-refractivity contribution is 5.76. The van der Waals surface area contributed by atoms with Crippen LogP contribution in [0.5, 0.6) is 0 Å². The van der Waals surface area contributed by atoms with Crippen molar-refractivity contribution in [3.8, 4) is 0 Å². The van der Waals surface area contributed by atoms with Gasteiger partial charge in [0.1, 0.15) is 0 Å². The summed E-state index contributed by atoms with van der Waals surface area (Å²) in [5, 5.41) is 6.47. The normalized spacial score (nSPS) is 12.8. The third-order valence-electron chi connectivity index (χ3n) is 3.08. The van der Waals surface area contributed by atoms with E-state index < -0.39 is 0 Å². The monoisotopic (exact) mass is 242 g/mol. The molecule has 0 aromatic rings. The summed E-state index contributed by atoms with van der Waals surface area (Å²) in [6.45, 7) is 9.34. The van der Waals surface area contributed by atoms with E-state index in [1.165, 1.54) is 25.7 Å². The molecule has 0 saturated heterocycles. The van der Waals surface area contributed by atoms with Crippen LogP contribution in [0.25, 0.3) is 0 Å². The number of carbonyl (C=O) groups excluding carboxylic acids is 1. The van der Waals surface area contributed by atoms with Crippen molar-refractivity contribution in [2.24, 2.45) is 0 Å². The van der Waals surface area contributed by atoms with Crippen LogP contribution in [0, 0.1) is 0 Å². The van der Waals surface area contributed by atoms with Crippen LogP contribution in [0.1, 0.15) is 66.2 Å². The Balaban J connectivity index is 3.68. The van der Waals surface area contributed by atoms with E-state index in [0.29, 0.717) is 18.5 Å². The SMILES string of the molecule is CCCC(CCC)NCCC(=O)NC(C)CC. The molecule has 1 atom stereocenters. The van der Waals surface area contributed by atoms with Crippen molar-refractivity contribution in [1.82, 2.24) is 10.6 Å². The maximum atomic E-state index is 11.6. The van der Waals surface area contributed by atoms with Crippen LogP contribution >= 0.6 is 0 Å². The lowest BCUT2D eigenvalue weighted by Crippen LogP contribution is -2.36. The molecule has 1 unspecified atom stereocenters. The van der Waals surface area contributed by atoms with Crippen LogP contribution in [0.2, 0.25) is 0 Å². The van der Waals surface area contributed by atoms with Crippen LogP contribution in [0.15, 0.2) is 0 Å². The molecule has 0 aromatic carbocycles. The third kappa shape index (κ3) is 9.16. The first-order chi connectivity index (χ1) is 8.13. The Hall–Kier alpha value is -0.570. The molecule has 0 spiro atoms. The molecule has 0 aromatic heterocycles. The number of rotatable bonds is 10. The third-order valence-corrected chi connectivity index (χ3v) is 3.08. The molecule has 1 amide bonds. The quantitative estimate of drug-likeness (QED) is 0.618. The molecular weight excluding hydrogens is 212 g/mol. The molecule has 0 bridgehead atoms. The fourth-order valence-corrected chi connectivity index (χ4v) is 1.88. The summed E-state index contributed by atoms with van der Waals surface area (Å²) in [5.41, 5.74) is 0. The Labute approximate surface area is 107 Å². The van der Waals surface area contributed by atoms with Crippen LogP contribution in [-0.4, -0.2) is 24.5 Å². The van der Waals surface area contributed by atoms with Gasteiger partial charge in [-0.25, -0.2) is 0 Å². The van der Waals surface area contributed by atoms with Crippen molar-refractivity contribution in [2.45, 2.75) is 78.3 Å². The predicted octanol–water partition coefficient (Wildman–Crippen LogP) is 2.85. The number of hydrogen-bond donors (Lipinski definition) is 2. The minimum Gasteiger partial charge on any atom is -0.354 e. The molecule has 0 radical (unpaired) electrons. The van der Waals surface area contributed by atoms with Gasteiger partial charge in [-0.3, -0.25) is 4.79 Å². The summed E-state index contributed by atoms with van der Waals surface area (Å²) in [6.07, 6.45) is 6.41. The van der Waals surface area contributed by atoms with Crippen LogP contribution in [-0.2, 0) is 4.79 Å². The molecule has 0 heterocycles. The molecule has 0 fully saturated rings. The van der Waals surface area contributed by atoms with Gasteiger partial charge in [-0.1, -0.05) is 33.6 Å². The van der Waals surface area contributed by atoms with Crippen LogP contribution < -0.4 is 10.6 Å². The van der Waals surface area contributed by atoms with Crippen molar-refractivity contribution in [3.05, 3.63) is 0 Å². The summed E-state index contributed by atoms with van der Waals surface area (Å²) in [5.74, 6) is 0.165. The second kappa shape index (κ2) is 10.6. The van der Waals surface area contributed by atoms with E-state index in [0.717, 1.165) is 13.0 Å². The first kappa shape index (κ1) is 16.4. The van der Waals surface area contributed by atoms with Crippen molar-refractivity contribution in [3.63, 3.8) is 0 Å². The van der Waals surface area contributed by atoms with Crippen molar-refractivity contribution in [2.75, 3.05) is 6.54 Å². The molecule has 0 saturated carbocycles. The lowest BCUT2D eigenvalue weighted by atomic mass is 10.1. The van der Waals surface area contributed by atoms with E-state index in [9.17, 15) is 4.79 Å². The first-order valence-electron chi connectivity index (χ1n) is 7.16. The van der Waals surface area contributed by atoms with Gasteiger partial charge in [0.15, 0.2) is 0 Å². The molecule has 2 N–H and O–H groups in total. The molecule has 17 heavy (non-hydrogen) atoms. The van der Waals surface area contributed by atoms with E-state index in [4.69, 9.17) is 0 Å². The zero-order valence-corrected chi connectivity index (χ0v) is 12.0. The average molecular weight is 242 g/mol. The highest BCUT2D eigenvalue weighted by atomic mass is 16.1. The van der Waals surface area contributed by atoms with Gasteiger partial charge in [-0.2, -0.15) is 0 Å². The summed E-state index contributed by atoms with van der Waals surface area (Å²) in [7, 11) is 0. The Morgan fingerprint density at radius 2 is 1.71 bits per heavy atom. The minimum atomic E-state index is 0.165. The summed E-state index contributed by atoms with van der Waals surface area (Å²) in [4.78, 5) is 11.6. The molecule has 0 rings (SSSR count). The standard InChI is InChI=1S/C14H30N2O/c1-5-8-13(9-6-2)15-11-10-14(17)16-12(4)7-3/h12-13,15H,5-11H2,1-4H3,(H,16,17). The van der Waals surface area contributed by atoms with Gasteiger partial charge in [0.2, 0.25) is 5.91 Å². The summed E-state index contributed by atoms with van der Waals surface area (Å²) in [6, 6.07) is 0.881. The van der Waals surface area contributed by atoms with Crippen molar-refractivity contribution < 1.29 is 4.79 Å². The summed E-state index contributed by atoms with van der Waals surface area (Å²) >= 11 is 0. The van der Waals surface area contributed by atoms with E-state index in [2.05, 4.69) is 31.4 Å². The fourth-order valence-electron chi connectivity index (χ4n) is 1.88. The van der Waals surface area contributed by atoms with E-state index in [1.54, 1.807) is 0 Å². The van der Waals surface area contributed by atoms with Crippen LogP contribution in [0.4, 0.5) is 0 Å². The highest BCUT2D eigenvalue weighted by Crippen LogP contribution is 2.04. The van der Waals surface area contributed by atoms with Gasteiger partial charge in [0.05, 0.1) is 0 Å². The molecule has 3 heteroatoms. The molecule has 0 aliphatic carbocycles. The van der Waals surface area contributed by atoms with Crippen LogP contribution in [0.3, 0.4) is 0 Å². The maximum Gasteiger partial charge on any atom is 0.221 e. The van der Waals surface area contributed by atoms with Gasteiger partial charge < -0.3 is 10.6 Å². The smallest absolute Gasteiger partial charge is 0.221 e. The number of amides is 1. The molecule has 102 valence electrons. The Kier molecular flexibility index (Phi) is 10.2. The van der Waals surface area contributed by atoms with Crippen molar-refractivity contribution >= 4 is 5.91 Å². The van der Waals surface area contributed by atoms with Gasteiger partial charge in [0.25, 0.3) is 0 Å². The van der Waals surface area contributed by atoms with E-state index >= 15 is 0 Å². The topological polar surface area (TPSA) is 41.1 Å². The number of nitrogens with one attached hydrogen (secondary N) is 2. The number of carbonyl (C=O) groups is 1. The lowest BCUT2D eigenvalue weighted by Gasteiger charge is -2.17. The molecular formula is C14H30N2O. The highest BCUT2D eigenvalue weighted by Gasteiger charge is 2.08. The summed E-state index contributed by atoms with van der Waals surface area (Å²) < 4.78 is 0. The van der Waals surface area contributed by atoms with Gasteiger partial charge in [0, 0.05) is 25.0 Å². The lowest BCUT2D eigenvalue weighted by molar-refractivity contribution is -0.121. The second-order valence-electron chi connectivity index (χ2n) is 4.86. The molecule has 0 aliphatic heterocycles. The maximum absolute atomic E-state index is 11.6. The first-order valence-corrected chi connectivity index (χ1v) is 7.16. The molecule has 3 nitrogen and oxygen atoms in total. The Morgan fingerprint density at radius 1 is 1.12 bits per heavy atom. The Bertz CT molecular complexity index is 189. The zero-order chi connectivity index (χ0) is 13.1. The van der Waals surface area contributed by atoms with Gasteiger partial charge in [-0.15, -0.1) is 0 Å². The minimum absolute atomic E-state index is 0.165. The number of hydrogen-bond acceptors (Lipinski definition) is 2. The fraction of sp³-hybridized carbons (Fsp3) is 0.929. The Morgan fingerprint density at radius 3 is 2.18 bits per heavy atom. The van der Waals surface area contributed by atoms with E-state index in [-0.39, 0.29) is 5.91 Å².